The Kier molecular flexibility index (Phi) is 2.60. The summed E-state index contributed by atoms with van der Waals surface area (Å²) in [6.45, 7) is 1.61. The summed E-state index contributed by atoms with van der Waals surface area (Å²) in [6.07, 6.45) is 2.12. The molecule has 2 heterocycles. The number of H-pyrrole nitrogens is 1. The van der Waals surface area contributed by atoms with Gasteiger partial charge in [-0.15, -0.1) is 0 Å². The van der Waals surface area contributed by atoms with Crippen LogP contribution in [0.15, 0.2) is 15.8 Å². The zero-order chi connectivity index (χ0) is 14.5. The molecule has 1 aromatic heterocycles. The molecule has 1 aromatic rings. The second-order valence-corrected chi connectivity index (χ2v) is 5.43. The molecular weight excluding hydrogens is 248 g/mol. The van der Waals surface area contributed by atoms with Crippen molar-refractivity contribution >= 4 is 0 Å². The Morgan fingerprint density at radius 3 is 3.11 bits per heavy atom. The summed E-state index contributed by atoms with van der Waals surface area (Å²) >= 11 is 0. The van der Waals surface area contributed by atoms with Crippen LogP contribution in [0.25, 0.3) is 0 Å². The molecule has 0 bridgehead atoms. The maximum atomic E-state index is 11.9. The van der Waals surface area contributed by atoms with Crippen molar-refractivity contribution < 1.29 is 11.2 Å². The zero-order valence-corrected chi connectivity index (χ0v) is 10.8. The molecule has 6 heteroatoms. The number of nitrogens with one attached hydrogen (secondary N) is 1. The standard InChI is InChI=1S/C13H18N2O4/c1-8-7-15(12(17)14-11(8)16)10-6-13(18)5-3-2-4-9(13)19-10/h7,9-10,18H,2-6H2,1H3,(H,14,16,17)/t9-,10+,13+/m0/s1/i4D/t4-,9+,10-,13-/m1. The summed E-state index contributed by atoms with van der Waals surface area (Å²) < 4.78 is 15.0. The number of hydrogen-bond acceptors (Lipinski definition) is 4. The molecule has 6 nitrogen and oxygen atoms in total. The van der Waals surface area contributed by atoms with Crippen LogP contribution in [0.4, 0.5) is 0 Å². The first kappa shape index (κ1) is 11.4. The lowest BCUT2D eigenvalue weighted by Crippen LogP contribution is -2.40. The monoisotopic (exact) mass is 267 g/mol. The van der Waals surface area contributed by atoms with Gasteiger partial charge in [-0.3, -0.25) is 14.3 Å². The molecule has 0 unspecified atom stereocenters. The molecule has 1 aliphatic carbocycles. The SMILES string of the molecule is [2H][C@@H]1CCC[C@@]2(O)C[C@H](n3cc(C)c(=O)[nH]c3=O)O[C@@H]12. The van der Waals surface area contributed by atoms with E-state index in [9.17, 15) is 14.7 Å². The number of aromatic nitrogens is 2. The molecule has 4 atom stereocenters. The fraction of sp³-hybridized carbons (Fsp3) is 0.692. The summed E-state index contributed by atoms with van der Waals surface area (Å²) in [5.41, 5.74) is -1.59. The van der Waals surface area contributed by atoms with E-state index in [0.717, 1.165) is 6.42 Å². The van der Waals surface area contributed by atoms with Gasteiger partial charge in [0.05, 0.1) is 11.7 Å². The third kappa shape index (κ3) is 2.04. The van der Waals surface area contributed by atoms with E-state index in [2.05, 4.69) is 4.98 Å². The van der Waals surface area contributed by atoms with Gasteiger partial charge in [-0.25, -0.2) is 4.79 Å². The number of nitrogens with zero attached hydrogens (tertiary/aromatic N) is 1. The van der Waals surface area contributed by atoms with Gasteiger partial charge in [0.2, 0.25) is 0 Å². The molecular formula is C13H18N2O4. The second-order valence-electron chi connectivity index (χ2n) is 5.43. The number of aryl methyl sites for hydroxylation is 1. The normalized spacial score (nSPS) is 38.8. The number of rotatable bonds is 1. The van der Waals surface area contributed by atoms with Crippen molar-refractivity contribution in [3.05, 3.63) is 32.6 Å². The predicted octanol–water partition coefficient (Wildman–Crippen LogP) is 0.438. The minimum atomic E-state index is -1.04. The lowest BCUT2D eigenvalue weighted by atomic mass is 9.81. The molecule has 2 aliphatic rings. The fourth-order valence-electron chi connectivity index (χ4n) is 2.92. The number of fused-ring (bicyclic) bond motifs is 1. The molecule has 0 radical (unpaired) electrons. The lowest BCUT2D eigenvalue weighted by Gasteiger charge is -2.32. The Morgan fingerprint density at radius 2 is 2.37 bits per heavy atom. The summed E-state index contributed by atoms with van der Waals surface area (Å²) in [7, 11) is 0. The van der Waals surface area contributed by atoms with E-state index < -0.39 is 35.6 Å². The first-order valence-electron chi connectivity index (χ1n) is 7.10. The second kappa shape index (κ2) is 4.31. The Morgan fingerprint density at radius 1 is 1.58 bits per heavy atom. The molecule has 1 saturated heterocycles. The number of ether oxygens (including phenoxy) is 1. The highest BCUT2D eigenvalue weighted by Gasteiger charge is 2.49. The van der Waals surface area contributed by atoms with Crippen LogP contribution in [0.5, 0.6) is 0 Å². The molecule has 0 amide bonds. The van der Waals surface area contributed by atoms with Gasteiger partial charge in [-0.1, -0.05) is 12.8 Å². The molecule has 19 heavy (non-hydrogen) atoms. The van der Waals surface area contributed by atoms with Crippen molar-refractivity contribution in [2.75, 3.05) is 0 Å². The molecule has 1 saturated carbocycles. The molecule has 2 fully saturated rings. The van der Waals surface area contributed by atoms with Gasteiger partial charge in [-0.2, -0.15) is 0 Å². The Hall–Kier alpha value is -1.40. The van der Waals surface area contributed by atoms with Gasteiger partial charge in [0, 0.05) is 19.6 Å². The van der Waals surface area contributed by atoms with Gasteiger partial charge in [-0.05, 0) is 19.7 Å². The quantitative estimate of drug-likeness (QED) is 0.773. The van der Waals surface area contributed by atoms with E-state index in [4.69, 9.17) is 6.11 Å². The number of aromatic amines is 1. The van der Waals surface area contributed by atoms with Crippen LogP contribution >= 0.6 is 0 Å². The van der Waals surface area contributed by atoms with Crippen molar-refractivity contribution in [1.82, 2.24) is 9.55 Å². The molecule has 1 aliphatic heterocycles. The zero-order valence-electron chi connectivity index (χ0n) is 11.8. The van der Waals surface area contributed by atoms with E-state index in [1.54, 1.807) is 6.92 Å². The summed E-state index contributed by atoms with van der Waals surface area (Å²) in [6, 6.07) is 0. The first-order chi connectivity index (χ1) is 9.40. The van der Waals surface area contributed by atoms with Crippen molar-refractivity contribution in [3.8, 4) is 0 Å². The highest BCUT2D eigenvalue weighted by atomic mass is 16.5. The molecule has 3 rings (SSSR count). The van der Waals surface area contributed by atoms with Gasteiger partial charge in [0.15, 0.2) is 0 Å². The molecule has 2 N–H and O–H groups in total. The molecule has 104 valence electrons. The largest absolute Gasteiger partial charge is 0.387 e. The van der Waals surface area contributed by atoms with E-state index >= 15 is 0 Å². The minimum Gasteiger partial charge on any atom is -0.387 e. The van der Waals surface area contributed by atoms with E-state index in [0.29, 0.717) is 18.4 Å². The first-order valence-corrected chi connectivity index (χ1v) is 6.53. The van der Waals surface area contributed by atoms with Crippen LogP contribution in [0.1, 0.15) is 45.2 Å². The number of hydrogen-bond donors (Lipinski definition) is 2. The van der Waals surface area contributed by atoms with Gasteiger partial charge >= 0.3 is 5.69 Å². The van der Waals surface area contributed by atoms with Crippen LogP contribution in [0, 0.1) is 6.92 Å². The smallest absolute Gasteiger partial charge is 0.330 e. The van der Waals surface area contributed by atoms with Gasteiger partial charge in [0.1, 0.15) is 6.23 Å². The van der Waals surface area contributed by atoms with Crippen molar-refractivity contribution in [2.45, 2.75) is 56.9 Å². The Balaban J connectivity index is 1.96. The Labute approximate surface area is 111 Å². The summed E-state index contributed by atoms with van der Waals surface area (Å²) in [5.74, 6) is 0. The van der Waals surface area contributed by atoms with Gasteiger partial charge < -0.3 is 9.84 Å². The highest BCUT2D eigenvalue weighted by molar-refractivity contribution is 5.04. The molecule has 0 aromatic carbocycles. The van der Waals surface area contributed by atoms with Crippen molar-refractivity contribution in [3.63, 3.8) is 0 Å². The third-order valence-electron chi connectivity index (χ3n) is 4.01. The van der Waals surface area contributed by atoms with E-state index in [-0.39, 0.29) is 6.42 Å². The third-order valence-corrected chi connectivity index (χ3v) is 4.01. The van der Waals surface area contributed by atoms with Crippen molar-refractivity contribution in [2.24, 2.45) is 0 Å². The number of aliphatic hydroxyl groups is 1. The predicted molar refractivity (Wildman–Crippen MR) is 68.0 cm³/mol. The summed E-state index contributed by atoms with van der Waals surface area (Å²) in [5, 5.41) is 10.6. The average molecular weight is 267 g/mol. The molecule has 0 spiro atoms. The maximum Gasteiger partial charge on any atom is 0.330 e. The van der Waals surface area contributed by atoms with Crippen LogP contribution in [-0.2, 0) is 4.74 Å². The lowest BCUT2D eigenvalue weighted by molar-refractivity contribution is -0.0808. The van der Waals surface area contributed by atoms with Crippen LogP contribution < -0.4 is 11.2 Å². The van der Waals surface area contributed by atoms with Gasteiger partial charge in [0.25, 0.3) is 5.56 Å². The topological polar surface area (TPSA) is 84.3 Å². The summed E-state index contributed by atoms with van der Waals surface area (Å²) in [4.78, 5) is 25.5. The average Bonchev–Trinajstić information content (AvgIpc) is 2.72. The fourth-order valence-corrected chi connectivity index (χ4v) is 2.92. The van der Waals surface area contributed by atoms with Crippen LogP contribution in [0.2, 0.25) is 0 Å². The highest BCUT2D eigenvalue weighted by Crippen LogP contribution is 2.44. The van der Waals surface area contributed by atoms with Crippen LogP contribution in [0.3, 0.4) is 0 Å². The maximum absolute atomic E-state index is 11.9. The minimum absolute atomic E-state index is 0.276. The van der Waals surface area contributed by atoms with E-state index in [1.807, 2.05) is 0 Å². The van der Waals surface area contributed by atoms with Crippen LogP contribution in [-0.4, -0.2) is 26.4 Å². The van der Waals surface area contributed by atoms with E-state index in [1.165, 1.54) is 10.8 Å². The van der Waals surface area contributed by atoms with Crippen molar-refractivity contribution in [1.29, 1.82) is 0 Å². The Bertz CT molecular complexity index is 640.